The maximum absolute atomic E-state index is 11.0. The minimum Gasteiger partial charge on any atom is -0.497 e. The first-order chi connectivity index (χ1) is 14.5. The second kappa shape index (κ2) is 9.78. The lowest BCUT2D eigenvalue weighted by molar-refractivity contribution is -0.384. The number of rotatable bonds is 7. The van der Waals surface area contributed by atoms with Gasteiger partial charge in [0.25, 0.3) is 5.69 Å². The third-order valence-electron chi connectivity index (χ3n) is 4.38. The number of carbonyl (C=O) groups excluding carboxylic acids is 1. The SMILES string of the molecule is COC1=C(C=C=O)NC(SCc2ccc(OC)cc2)=NC1c1ccc([N+](=O)[O-])cc1. The number of nitrogens with zero attached hydrogens (tertiary/aromatic N) is 2. The largest absolute Gasteiger partial charge is 0.497 e. The summed E-state index contributed by atoms with van der Waals surface area (Å²) in [5, 5.41) is 14.6. The molecule has 1 heterocycles. The molecule has 8 nitrogen and oxygen atoms in total. The van der Waals surface area contributed by atoms with Crippen LogP contribution in [-0.2, 0) is 15.3 Å². The number of amidine groups is 1. The second-order valence-electron chi connectivity index (χ2n) is 6.19. The van der Waals surface area contributed by atoms with Gasteiger partial charge in [0.1, 0.15) is 23.5 Å². The molecule has 0 fully saturated rings. The average Bonchev–Trinajstić information content (AvgIpc) is 2.78. The van der Waals surface area contributed by atoms with Crippen molar-refractivity contribution in [2.24, 2.45) is 4.99 Å². The van der Waals surface area contributed by atoms with Gasteiger partial charge < -0.3 is 14.8 Å². The van der Waals surface area contributed by atoms with Crippen LogP contribution in [0.5, 0.6) is 5.75 Å². The van der Waals surface area contributed by atoms with Crippen molar-refractivity contribution in [3.8, 4) is 5.75 Å². The standard InChI is InChI=1S/C21H19N3O5S/c1-28-17-9-3-14(4-10-17)13-30-21-22-18(11-12-25)20(29-2)19(23-21)15-5-7-16(8-6-15)24(26)27/h3-11,19H,13H2,1-2H3,(H,22,23). The first-order valence-corrected chi connectivity index (χ1v) is 9.88. The Morgan fingerprint density at radius 2 is 1.87 bits per heavy atom. The number of nitrogens with one attached hydrogen (secondary N) is 1. The van der Waals surface area contributed by atoms with Crippen molar-refractivity contribution in [3.05, 3.63) is 87.3 Å². The molecule has 1 unspecified atom stereocenters. The summed E-state index contributed by atoms with van der Waals surface area (Å²) in [7, 11) is 3.10. The summed E-state index contributed by atoms with van der Waals surface area (Å²) >= 11 is 1.46. The summed E-state index contributed by atoms with van der Waals surface area (Å²) in [5.74, 6) is 3.61. The van der Waals surface area contributed by atoms with Gasteiger partial charge >= 0.3 is 0 Å². The molecule has 1 N–H and O–H groups in total. The molecule has 30 heavy (non-hydrogen) atoms. The van der Waals surface area contributed by atoms with E-state index in [4.69, 9.17) is 14.5 Å². The van der Waals surface area contributed by atoms with Crippen molar-refractivity contribution in [2.75, 3.05) is 14.2 Å². The Morgan fingerprint density at radius 1 is 1.17 bits per heavy atom. The van der Waals surface area contributed by atoms with Gasteiger partial charge in [-0.2, -0.15) is 0 Å². The zero-order valence-electron chi connectivity index (χ0n) is 16.3. The van der Waals surface area contributed by atoms with Crippen LogP contribution in [-0.4, -0.2) is 30.3 Å². The van der Waals surface area contributed by atoms with Gasteiger partial charge in [-0.1, -0.05) is 23.9 Å². The molecule has 0 bridgehead atoms. The van der Waals surface area contributed by atoms with Crippen molar-refractivity contribution in [1.82, 2.24) is 5.32 Å². The topological polar surface area (TPSA) is 103 Å². The number of thioether (sulfide) groups is 1. The fourth-order valence-electron chi connectivity index (χ4n) is 2.87. The maximum Gasteiger partial charge on any atom is 0.269 e. The van der Waals surface area contributed by atoms with E-state index in [0.717, 1.165) is 11.3 Å². The third-order valence-corrected chi connectivity index (χ3v) is 5.34. The Hall–Kier alpha value is -3.55. The highest BCUT2D eigenvalue weighted by molar-refractivity contribution is 8.13. The van der Waals surface area contributed by atoms with E-state index in [-0.39, 0.29) is 5.69 Å². The lowest BCUT2D eigenvalue weighted by Gasteiger charge is -2.25. The summed E-state index contributed by atoms with van der Waals surface area (Å²) in [6.45, 7) is 0. The van der Waals surface area contributed by atoms with Crippen LogP contribution in [0.25, 0.3) is 0 Å². The molecule has 0 spiro atoms. The quantitative estimate of drug-likeness (QED) is 0.409. The second-order valence-corrected chi connectivity index (χ2v) is 7.16. The fraction of sp³-hybridized carbons (Fsp3) is 0.190. The van der Waals surface area contributed by atoms with E-state index in [1.807, 2.05) is 24.3 Å². The number of benzene rings is 2. The highest BCUT2D eigenvalue weighted by Gasteiger charge is 2.27. The fourth-order valence-corrected chi connectivity index (χ4v) is 3.73. The van der Waals surface area contributed by atoms with Crippen LogP contribution in [0.3, 0.4) is 0 Å². The highest BCUT2D eigenvalue weighted by Crippen LogP contribution is 2.34. The predicted octanol–water partition coefficient (Wildman–Crippen LogP) is 3.78. The minimum absolute atomic E-state index is 0.0123. The number of nitro groups is 1. The molecule has 0 amide bonds. The van der Waals surface area contributed by atoms with E-state index in [1.165, 1.54) is 37.1 Å². The van der Waals surface area contributed by atoms with Crippen molar-refractivity contribution < 1.29 is 19.2 Å². The van der Waals surface area contributed by atoms with Crippen LogP contribution in [0.4, 0.5) is 5.69 Å². The number of hydrogen-bond donors (Lipinski definition) is 1. The molecule has 3 rings (SSSR count). The molecule has 2 aromatic rings. The van der Waals surface area contributed by atoms with Gasteiger partial charge in [0.2, 0.25) is 0 Å². The van der Waals surface area contributed by atoms with Gasteiger partial charge in [0.15, 0.2) is 5.17 Å². The van der Waals surface area contributed by atoms with E-state index >= 15 is 0 Å². The summed E-state index contributed by atoms with van der Waals surface area (Å²) < 4.78 is 10.6. The first-order valence-electron chi connectivity index (χ1n) is 8.89. The monoisotopic (exact) mass is 425 g/mol. The van der Waals surface area contributed by atoms with E-state index in [0.29, 0.717) is 27.9 Å². The molecular formula is C21H19N3O5S. The van der Waals surface area contributed by atoms with Crippen LogP contribution in [0.1, 0.15) is 17.2 Å². The summed E-state index contributed by atoms with van der Waals surface area (Å²) in [6.07, 6.45) is 1.25. The number of hydrogen-bond acceptors (Lipinski definition) is 8. The molecule has 2 aromatic carbocycles. The zero-order chi connectivity index (χ0) is 21.5. The van der Waals surface area contributed by atoms with E-state index in [9.17, 15) is 14.9 Å². The normalized spacial score (nSPS) is 15.5. The molecule has 9 heteroatoms. The molecule has 154 valence electrons. The highest BCUT2D eigenvalue weighted by atomic mass is 32.2. The molecule has 1 aliphatic heterocycles. The Morgan fingerprint density at radius 3 is 2.43 bits per heavy atom. The summed E-state index contributed by atoms with van der Waals surface area (Å²) in [4.78, 5) is 26.2. The molecule has 1 atom stereocenters. The lowest BCUT2D eigenvalue weighted by atomic mass is 10.0. The number of non-ortho nitro benzene ring substituents is 1. The molecular weight excluding hydrogens is 406 g/mol. The van der Waals surface area contributed by atoms with Crippen molar-refractivity contribution >= 4 is 28.6 Å². The van der Waals surface area contributed by atoms with E-state index in [2.05, 4.69) is 5.32 Å². The summed E-state index contributed by atoms with van der Waals surface area (Å²) in [6, 6.07) is 13.2. The van der Waals surface area contributed by atoms with Gasteiger partial charge in [-0.25, -0.2) is 9.79 Å². The van der Waals surface area contributed by atoms with Crippen molar-refractivity contribution in [3.63, 3.8) is 0 Å². The van der Waals surface area contributed by atoms with Crippen LogP contribution in [0.2, 0.25) is 0 Å². The number of nitro benzene ring substituents is 1. The Bertz CT molecular complexity index is 1030. The third kappa shape index (κ3) is 4.89. The van der Waals surface area contributed by atoms with Crippen LogP contribution >= 0.6 is 11.8 Å². The predicted molar refractivity (Wildman–Crippen MR) is 115 cm³/mol. The Kier molecular flexibility index (Phi) is 6.90. The van der Waals surface area contributed by atoms with Crippen molar-refractivity contribution in [2.45, 2.75) is 11.8 Å². The van der Waals surface area contributed by atoms with Crippen LogP contribution in [0, 0.1) is 10.1 Å². The number of allylic oxidation sites excluding steroid dienone is 1. The van der Waals surface area contributed by atoms with E-state index in [1.54, 1.807) is 25.2 Å². The molecule has 0 saturated carbocycles. The van der Waals surface area contributed by atoms with Crippen LogP contribution < -0.4 is 10.1 Å². The molecule has 0 saturated heterocycles. The van der Waals surface area contributed by atoms with Gasteiger partial charge in [-0.15, -0.1) is 0 Å². The zero-order valence-corrected chi connectivity index (χ0v) is 17.1. The van der Waals surface area contributed by atoms with E-state index < -0.39 is 11.0 Å². The average molecular weight is 425 g/mol. The summed E-state index contributed by atoms with van der Waals surface area (Å²) in [5.41, 5.74) is 2.22. The number of ether oxygens (including phenoxy) is 2. The van der Waals surface area contributed by atoms with Crippen molar-refractivity contribution in [1.29, 1.82) is 0 Å². The first kappa shape index (κ1) is 21.2. The lowest BCUT2D eigenvalue weighted by Crippen LogP contribution is -2.28. The number of aliphatic imine (C=N–C) groups is 1. The molecule has 1 aliphatic rings. The Balaban J connectivity index is 1.87. The maximum atomic E-state index is 11.0. The Labute approximate surface area is 177 Å². The molecule has 0 aromatic heterocycles. The van der Waals surface area contributed by atoms with Gasteiger partial charge in [0.05, 0.1) is 24.8 Å². The van der Waals surface area contributed by atoms with Gasteiger partial charge in [-0.05, 0) is 35.4 Å². The van der Waals surface area contributed by atoms with Gasteiger partial charge in [0, 0.05) is 24.0 Å². The van der Waals surface area contributed by atoms with Gasteiger partial charge in [-0.3, -0.25) is 10.1 Å². The van der Waals surface area contributed by atoms with Crippen LogP contribution in [0.15, 0.2) is 71.1 Å². The smallest absolute Gasteiger partial charge is 0.269 e. The number of methoxy groups -OCH3 is 2. The minimum atomic E-state index is -0.546. The molecule has 0 aliphatic carbocycles. The molecule has 0 radical (unpaired) electrons.